The first kappa shape index (κ1) is 18.0. The van der Waals surface area contributed by atoms with Crippen molar-refractivity contribution in [1.82, 2.24) is 15.6 Å². The summed E-state index contributed by atoms with van der Waals surface area (Å²) in [6, 6.07) is 13.0. The van der Waals surface area contributed by atoms with Gasteiger partial charge in [-0.05, 0) is 31.5 Å². The molecule has 0 spiro atoms. The van der Waals surface area contributed by atoms with Crippen LogP contribution in [-0.2, 0) is 6.54 Å². The van der Waals surface area contributed by atoms with Gasteiger partial charge in [-0.15, -0.1) is 0 Å². The van der Waals surface area contributed by atoms with Crippen LogP contribution in [0, 0.1) is 6.92 Å². The molecule has 1 unspecified atom stereocenters. The fourth-order valence-corrected chi connectivity index (χ4v) is 3.18. The number of nitrogens with zero attached hydrogens (tertiary/aromatic N) is 3. The highest BCUT2D eigenvalue weighted by Gasteiger charge is 2.23. The van der Waals surface area contributed by atoms with Gasteiger partial charge in [-0.25, -0.2) is 4.98 Å². The number of hydrogen-bond donors (Lipinski definition) is 2. The van der Waals surface area contributed by atoms with Gasteiger partial charge in [0.25, 0.3) is 0 Å². The summed E-state index contributed by atoms with van der Waals surface area (Å²) in [6.45, 7) is 4.75. The van der Waals surface area contributed by atoms with E-state index in [2.05, 4.69) is 56.7 Å². The first-order valence-electron chi connectivity index (χ1n) is 8.96. The van der Waals surface area contributed by atoms with Gasteiger partial charge < -0.3 is 20.3 Å². The maximum absolute atomic E-state index is 5.30. The first-order chi connectivity index (χ1) is 12.7. The van der Waals surface area contributed by atoms with Crippen molar-refractivity contribution in [3.8, 4) is 5.88 Å². The van der Waals surface area contributed by atoms with Gasteiger partial charge in [-0.2, -0.15) is 0 Å². The van der Waals surface area contributed by atoms with Crippen LogP contribution < -0.4 is 20.3 Å². The van der Waals surface area contributed by atoms with Crippen molar-refractivity contribution in [2.24, 2.45) is 4.99 Å². The molecule has 6 nitrogen and oxygen atoms in total. The summed E-state index contributed by atoms with van der Waals surface area (Å²) in [4.78, 5) is 11.0. The third-order valence-corrected chi connectivity index (χ3v) is 4.64. The number of nitrogens with one attached hydrogen (secondary N) is 2. The Morgan fingerprint density at radius 1 is 1.31 bits per heavy atom. The molecular weight excluding hydrogens is 326 g/mol. The maximum atomic E-state index is 5.30. The van der Waals surface area contributed by atoms with Crippen LogP contribution in [0.5, 0.6) is 5.88 Å². The van der Waals surface area contributed by atoms with E-state index in [0.29, 0.717) is 18.5 Å². The number of methoxy groups -OCH3 is 1. The van der Waals surface area contributed by atoms with Crippen LogP contribution in [0.15, 0.2) is 47.6 Å². The number of aliphatic imine (C=N–C) groups is 1. The summed E-state index contributed by atoms with van der Waals surface area (Å²) in [5.41, 5.74) is 3.58. The highest BCUT2D eigenvalue weighted by Crippen LogP contribution is 2.20. The summed E-state index contributed by atoms with van der Waals surface area (Å²) >= 11 is 0. The average Bonchev–Trinajstić information content (AvgIpc) is 3.14. The van der Waals surface area contributed by atoms with Gasteiger partial charge >= 0.3 is 0 Å². The molecule has 2 aromatic rings. The van der Waals surface area contributed by atoms with Crippen LogP contribution in [0.25, 0.3) is 0 Å². The number of aryl methyl sites for hydroxylation is 1. The average molecular weight is 353 g/mol. The molecule has 1 fully saturated rings. The molecule has 0 saturated carbocycles. The van der Waals surface area contributed by atoms with Gasteiger partial charge in [0.1, 0.15) is 0 Å². The van der Waals surface area contributed by atoms with Gasteiger partial charge in [-0.1, -0.05) is 23.8 Å². The largest absolute Gasteiger partial charge is 0.481 e. The van der Waals surface area contributed by atoms with E-state index in [4.69, 9.17) is 4.74 Å². The molecule has 0 aliphatic carbocycles. The number of aromatic nitrogens is 1. The number of guanidine groups is 1. The lowest BCUT2D eigenvalue weighted by atomic mass is 10.2. The molecule has 2 N–H and O–H groups in total. The van der Waals surface area contributed by atoms with Crippen molar-refractivity contribution in [3.05, 3.63) is 53.7 Å². The van der Waals surface area contributed by atoms with E-state index in [1.165, 1.54) is 11.3 Å². The lowest BCUT2D eigenvalue weighted by Gasteiger charge is -2.20. The summed E-state index contributed by atoms with van der Waals surface area (Å²) < 4.78 is 5.30. The van der Waals surface area contributed by atoms with E-state index >= 15 is 0 Å². The molecule has 1 aliphatic rings. The second kappa shape index (κ2) is 8.56. The van der Waals surface area contributed by atoms with Crippen LogP contribution in [0.3, 0.4) is 0 Å². The molecule has 0 bridgehead atoms. The summed E-state index contributed by atoms with van der Waals surface area (Å²) in [6.07, 6.45) is 2.82. The van der Waals surface area contributed by atoms with Crippen LogP contribution in [-0.4, -0.2) is 44.2 Å². The van der Waals surface area contributed by atoms with E-state index in [1.54, 1.807) is 20.4 Å². The second-order valence-electron chi connectivity index (χ2n) is 6.51. The second-order valence-corrected chi connectivity index (χ2v) is 6.51. The molecule has 1 saturated heterocycles. The molecular formula is C20H27N5O. The van der Waals surface area contributed by atoms with Crippen LogP contribution in [0.2, 0.25) is 0 Å². The molecule has 1 aliphatic heterocycles. The highest BCUT2D eigenvalue weighted by molar-refractivity contribution is 5.80. The quantitative estimate of drug-likeness (QED) is 0.638. The number of ether oxygens (including phenoxy) is 1. The summed E-state index contributed by atoms with van der Waals surface area (Å²) in [5, 5.41) is 6.87. The van der Waals surface area contributed by atoms with Crippen LogP contribution in [0.4, 0.5) is 5.69 Å². The maximum Gasteiger partial charge on any atom is 0.218 e. The lowest BCUT2D eigenvalue weighted by Crippen LogP contribution is -2.44. The first-order valence-corrected chi connectivity index (χ1v) is 8.96. The lowest BCUT2D eigenvalue weighted by molar-refractivity contribution is 0.392. The summed E-state index contributed by atoms with van der Waals surface area (Å²) in [7, 11) is 3.43. The van der Waals surface area contributed by atoms with E-state index in [0.717, 1.165) is 31.0 Å². The van der Waals surface area contributed by atoms with Crippen molar-refractivity contribution >= 4 is 11.6 Å². The Labute approximate surface area is 155 Å². The number of benzene rings is 1. The van der Waals surface area contributed by atoms with Gasteiger partial charge in [0.15, 0.2) is 5.96 Å². The molecule has 0 radical (unpaired) electrons. The van der Waals surface area contributed by atoms with E-state index in [9.17, 15) is 0 Å². The Hall–Kier alpha value is -2.76. The number of pyridine rings is 1. The van der Waals surface area contributed by atoms with Gasteiger partial charge in [-0.3, -0.25) is 4.99 Å². The smallest absolute Gasteiger partial charge is 0.218 e. The molecule has 6 heteroatoms. The van der Waals surface area contributed by atoms with Gasteiger partial charge in [0.05, 0.1) is 7.11 Å². The minimum Gasteiger partial charge on any atom is -0.481 e. The zero-order chi connectivity index (χ0) is 18.4. The Morgan fingerprint density at radius 2 is 2.12 bits per heavy atom. The zero-order valence-corrected chi connectivity index (χ0v) is 15.7. The van der Waals surface area contributed by atoms with Crippen molar-refractivity contribution in [2.45, 2.75) is 25.9 Å². The molecule has 138 valence electrons. The van der Waals surface area contributed by atoms with Gasteiger partial charge in [0, 0.05) is 50.2 Å². The Kier molecular flexibility index (Phi) is 5.94. The standard InChI is InChI=1S/C20H27N5O/c1-15-6-8-18(9-7-15)25-12-10-17(14-25)24-20(21-2)23-13-16-5-4-11-22-19(16)26-3/h4-9,11,17H,10,12-14H2,1-3H3,(H2,21,23,24). The SMILES string of the molecule is CN=C(NCc1cccnc1OC)NC1CCN(c2ccc(C)cc2)C1. The van der Waals surface area contributed by atoms with E-state index < -0.39 is 0 Å². The third kappa shape index (κ3) is 4.45. The molecule has 1 aromatic heterocycles. The van der Waals surface area contributed by atoms with Crippen LogP contribution in [0.1, 0.15) is 17.5 Å². The fraction of sp³-hybridized carbons (Fsp3) is 0.400. The molecule has 1 aromatic carbocycles. The Morgan fingerprint density at radius 3 is 2.85 bits per heavy atom. The molecule has 3 rings (SSSR count). The highest BCUT2D eigenvalue weighted by atomic mass is 16.5. The van der Waals surface area contributed by atoms with Crippen molar-refractivity contribution in [1.29, 1.82) is 0 Å². The number of hydrogen-bond acceptors (Lipinski definition) is 4. The van der Waals surface area contributed by atoms with Gasteiger partial charge in [0.2, 0.25) is 5.88 Å². The topological polar surface area (TPSA) is 61.8 Å². The minimum atomic E-state index is 0.373. The van der Waals surface area contributed by atoms with E-state index in [1.807, 2.05) is 12.1 Å². The molecule has 26 heavy (non-hydrogen) atoms. The molecule has 2 heterocycles. The monoisotopic (exact) mass is 353 g/mol. The molecule has 0 amide bonds. The van der Waals surface area contributed by atoms with Crippen LogP contribution >= 0.6 is 0 Å². The normalized spacial score (nSPS) is 17.3. The van der Waals surface area contributed by atoms with Crippen molar-refractivity contribution < 1.29 is 4.74 Å². The van der Waals surface area contributed by atoms with E-state index in [-0.39, 0.29) is 0 Å². The third-order valence-electron chi connectivity index (χ3n) is 4.64. The number of rotatable bonds is 5. The van der Waals surface area contributed by atoms with Crippen molar-refractivity contribution in [2.75, 3.05) is 32.1 Å². The molecule has 1 atom stereocenters. The predicted octanol–water partition coefficient (Wildman–Crippen LogP) is 2.34. The Balaban J connectivity index is 1.53. The Bertz CT molecular complexity index is 744. The number of anilines is 1. The zero-order valence-electron chi connectivity index (χ0n) is 15.7. The van der Waals surface area contributed by atoms with Crippen molar-refractivity contribution in [3.63, 3.8) is 0 Å². The minimum absolute atomic E-state index is 0.373. The predicted molar refractivity (Wildman–Crippen MR) is 106 cm³/mol. The fourth-order valence-electron chi connectivity index (χ4n) is 3.18. The summed E-state index contributed by atoms with van der Waals surface area (Å²) in [5.74, 6) is 1.44.